The Bertz CT molecular complexity index is 832. The number of likely N-dealkylation sites (tertiary alicyclic amines) is 1. The molecule has 0 aliphatic carbocycles. The van der Waals surface area contributed by atoms with E-state index in [2.05, 4.69) is 20.5 Å². The molecule has 1 aliphatic rings. The lowest BCUT2D eigenvalue weighted by atomic mass is 10.0. The Kier molecular flexibility index (Phi) is 7.44. The van der Waals surface area contributed by atoms with Gasteiger partial charge in [-0.1, -0.05) is 6.07 Å². The average molecular weight is 421 g/mol. The minimum absolute atomic E-state index is 0.171. The second kappa shape index (κ2) is 10.0. The summed E-state index contributed by atoms with van der Waals surface area (Å²) in [4.78, 5) is 6.77. The highest BCUT2D eigenvalue weighted by Gasteiger charge is 2.26. The van der Waals surface area contributed by atoms with Gasteiger partial charge in [-0.3, -0.25) is 4.90 Å². The zero-order chi connectivity index (χ0) is 21.6. The van der Waals surface area contributed by atoms with E-state index in [0.717, 1.165) is 31.5 Å². The van der Waals surface area contributed by atoms with E-state index in [-0.39, 0.29) is 12.6 Å². The van der Waals surface area contributed by atoms with Crippen molar-refractivity contribution in [2.75, 3.05) is 26.2 Å². The Morgan fingerprint density at radius 2 is 2.03 bits per heavy atom. The van der Waals surface area contributed by atoms with Gasteiger partial charge in [0.05, 0.1) is 12.8 Å². The lowest BCUT2D eigenvalue weighted by molar-refractivity contribution is 0.0436. The molecule has 3 rings (SSSR count). The maximum Gasteiger partial charge on any atom is 0.191 e. The predicted octanol–water partition coefficient (Wildman–Crippen LogP) is 2.99. The molecule has 1 aliphatic heterocycles. The molecular weight excluding hydrogens is 390 g/mol. The van der Waals surface area contributed by atoms with Crippen molar-refractivity contribution in [1.82, 2.24) is 15.5 Å². The summed E-state index contributed by atoms with van der Waals surface area (Å²) in [6, 6.07) is 7.79. The smallest absolute Gasteiger partial charge is 0.191 e. The van der Waals surface area contributed by atoms with Crippen LogP contribution >= 0.6 is 0 Å². The number of benzene rings is 1. The van der Waals surface area contributed by atoms with Crippen LogP contribution in [0.4, 0.5) is 8.78 Å². The van der Waals surface area contributed by atoms with Crippen LogP contribution < -0.4 is 10.6 Å². The summed E-state index contributed by atoms with van der Waals surface area (Å²) >= 11 is 0. The average Bonchev–Trinajstić information content (AvgIpc) is 3.27. The Morgan fingerprint density at radius 1 is 1.27 bits per heavy atom. The number of nitrogens with one attached hydrogen (secondary N) is 2. The number of rotatable bonds is 7. The van der Waals surface area contributed by atoms with Crippen LogP contribution in [0.15, 0.2) is 46.0 Å². The van der Waals surface area contributed by atoms with E-state index in [1.165, 1.54) is 18.4 Å². The Morgan fingerprint density at radius 3 is 2.67 bits per heavy atom. The highest BCUT2D eigenvalue weighted by molar-refractivity contribution is 5.80. The molecule has 0 spiro atoms. The Balaban J connectivity index is 1.51. The van der Waals surface area contributed by atoms with Crippen LogP contribution in [0.3, 0.4) is 0 Å². The van der Waals surface area contributed by atoms with Gasteiger partial charge in [-0.25, -0.2) is 13.8 Å². The van der Waals surface area contributed by atoms with Crippen LogP contribution in [0, 0.1) is 11.6 Å². The number of hydrogen-bond acceptors (Lipinski definition) is 4. The molecule has 3 N–H and O–H groups in total. The van der Waals surface area contributed by atoms with Crippen molar-refractivity contribution in [2.24, 2.45) is 4.99 Å². The van der Waals surface area contributed by atoms with Crippen molar-refractivity contribution in [1.29, 1.82) is 0 Å². The summed E-state index contributed by atoms with van der Waals surface area (Å²) in [5.74, 6) is -0.486. The first kappa shape index (κ1) is 22.2. The molecule has 0 amide bonds. The number of furan rings is 1. The van der Waals surface area contributed by atoms with Gasteiger partial charge in [0.15, 0.2) is 17.6 Å². The normalized spacial score (nSPS) is 18.2. The van der Waals surface area contributed by atoms with E-state index in [4.69, 9.17) is 4.42 Å². The third-order valence-corrected chi connectivity index (χ3v) is 5.26. The third-order valence-electron chi connectivity index (χ3n) is 5.26. The van der Waals surface area contributed by atoms with E-state index < -0.39 is 17.2 Å². The molecule has 6 nitrogen and oxygen atoms in total. The van der Waals surface area contributed by atoms with E-state index >= 15 is 0 Å². The monoisotopic (exact) mass is 420 g/mol. The van der Waals surface area contributed by atoms with Crippen LogP contribution in [0.1, 0.15) is 38.0 Å². The summed E-state index contributed by atoms with van der Waals surface area (Å²) in [6.07, 6.45) is 3.34. The number of aliphatic hydroxyl groups is 1. The van der Waals surface area contributed by atoms with Crippen LogP contribution in [-0.4, -0.2) is 48.2 Å². The Hall–Kier alpha value is -2.45. The molecule has 1 saturated heterocycles. The van der Waals surface area contributed by atoms with Crippen LogP contribution in [0.25, 0.3) is 0 Å². The zero-order valence-corrected chi connectivity index (χ0v) is 17.5. The molecule has 0 radical (unpaired) electrons. The van der Waals surface area contributed by atoms with Gasteiger partial charge in [0.1, 0.15) is 11.4 Å². The van der Waals surface area contributed by atoms with Crippen molar-refractivity contribution in [3.63, 3.8) is 0 Å². The lowest BCUT2D eigenvalue weighted by Gasteiger charge is -2.33. The number of halogens is 2. The van der Waals surface area contributed by atoms with Crippen molar-refractivity contribution >= 4 is 5.96 Å². The highest BCUT2D eigenvalue weighted by Crippen LogP contribution is 2.21. The lowest BCUT2D eigenvalue weighted by Crippen LogP contribution is -2.48. The van der Waals surface area contributed by atoms with Gasteiger partial charge in [-0.15, -0.1) is 0 Å². The molecule has 0 saturated carbocycles. The van der Waals surface area contributed by atoms with Gasteiger partial charge in [-0.2, -0.15) is 0 Å². The molecule has 1 atom stereocenters. The number of hydrogen-bond donors (Lipinski definition) is 3. The molecule has 1 unspecified atom stereocenters. The first-order valence-corrected chi connectivity index (χ1v) is 10.3. The second-order valence-electron chi connectivity index (χ2n) is 7.89. The number of nitrogens with zero attached hydrogens (tertiary/aromatic N) is 2. The summed E-state index contributed by atoms with van der Waals surface area (Å²) in [7, 11) is 0. The van der Waals surface area contributed by atoms with Crippen molar-refractivity contribution in [3.05, 3.63) is 59.6 Å². The van der Waals surface area contributed by atoms with Gasteiger partial charge in [0, 0.05) is 32.2 Å². The fourth-order valence-corrected chi connectivity index (χ4v) is 3.54. The second-order valence-corrected chi connectivity index (χ2v) is 7.89. The topological polar surface area (TPSA) is 73.0 Å². The van der Waals surface area contributed by atoms with Crippen LogP contribution in [0.2, 0.25) is 0 Å². The van der Waals surface area contributed by atoms with Gasteiger partial charge in [0.25, 0.3) is 0 Å². The maximum absolute atomic E-state index is 13.4. The first-order valence-electron chi connectivity index (χ1n) is 10.3. The van der Waals surface area contributed by atoms with E-state index in [0.29, 0.717) is 24.8 Å². The minimum Gasteiger partial charge on any atom is -0.466 e. The molecule has 30 heavy (non-hydrogen) atoms. The van der Waals surface area contributed by atoms with Crippen LogP contribution in [0.5, 0.6) is 0 Å². The van der Waals surface area contributed by atoms with Crippen molar-refractivity contribution in [3.8, 4) is 0 Å². The summed E-state index contributed by atoms with van der Waals surface area (Å²) in [6.45, 7) is 6.85. The van der Waals surface area contributed by atoms with E-state index in [9.17, 15) is 13.9 Å². The first-order chi connectivity index (χ1) is 14.4. The quantitative estimate of drug-likeness (QED) is 0.475. The standard InChI is InChI=1S/C22H30F2N4O2/c1-3-25-21(26-15-22(2,29)20-5-4-12-30-20)27-17-8-10-28(11-9-17)14-16-6-7-18(23)19(24)13-16/h4-7,12-13,17,29H,3,8-11,14-15H2,1-2H3,(H2,25,26,27). The predicted molar refractivity (Wildman–Crippen MR) is 112 cm³/mol. The summed E-state index contributed by atoms with van der Waals surface area (Å²) < 4.78 is 31.8. The van der Waals surface area contributed by atoms with Gasteiger partial charge in [-0.05, 0) is 56.5 Å². The van der Waals surface area contributed by atoms with Gasteiger partial charge in [0.2, 0.25) is 0 Å². The van der Waals surface area contributed by atoms with E-state index in [1.807, 2.05) is 6.92 Å². The largest absolute Gasteiger partial charge is 0.466 e. The van der Waals surface area contributed by atoms with Crippen molar-refractivity contribution in [2.45, 2.75) is 44.9 Å². The molecule has 1 aromatic carbocycles. The number of aliphatic imine (C=N–C) groups is 1. The molecule has 2 aromatic rings. The summed E-state index contributed by atoms with van der Waals surface area (Å²) in [5.41, 5.74) is -0.407. The fourth-order valence-electron chi connectivity index (χ4n) is 3.54. The van der Waals surface area contributed by atoms with Crippen LogP contribution in [-0.2, 0) is 12.1 Å². The van der Waals surface area contributed by atoms with Gasteiger partial charge < -0.3 is 20.2 Å². The van der Waals surface area contributed by atoms with E-state index in [1.54, 1.807) is 25.1 Å². The SMILES string of the molecule is CCNC(=NCC(C)(O)c1ccco1)NC1CCN(Cc2ccc(F)c(F)c2)CC1. The molecular formula is C22H30F2N4O2. The molecule has 1 fully saturated rings. The molecule has 0 bridgehead atoms. The molecule has 2 heterocycles. The van der Waals surface area contributed by atoms with Crippen molar-refractivity contribution < 1.29 is 18.3 Å². The number of guanidine groups is 1. The number of piperidine rings is 1. The third kappa shape index (κ3) is 6.03. The maximum atomic E-state index is 13.4. The summed E-state index contributed by atoms with van der Waals surface area (Å²) in [5, 5.41) is 17.2. The highest BCUT2D eigenvalue weighted by atomic mass is 19.2. The van der Waals surface area contributed by atoms with Gasteiger partial charge >= 0.3 is 0 Å². The zero-order valence-electron chi connectivity index (χ0n) is 17.5. The molecule has 1 aromatic heterocycles. The molecule has 164 valence electrons. The minimum atomic E-state index is -1.18. The Labute approximate surface area is 176 Å². The fraction of sp³-hybridized carbons (Fsp3) is 0.500. The molecule has 8 heteroatoms.